The van der Waals surface area contributed by atoms with Gasteiger partial charge in [-0.25, -0.2) is 0 Å². The molecule has 2 aliphatic carbocycles. The highest BCUT2D eigenvalue weighted by molar-refractivity contribution is 5.86. The summed E-state index contributed by atoms with van der Waals surface area (Å²) < 4.78 is 0. The molecule has 0 heterocycles. The Bertz CT molecular complexity index is 227. The number of carbonyl (C=O) groups is 1. The first kappa shape index (κ1) is 11.1. The monoisotopic (exact) mass is 209 g/mol. The van der Waals surface area contributed by atoms with Crippen LogP contribution in [-0.4, -0.2) is 18.9 Å². The van der Waals surface area contributed by atoms with E-state index < -0.39 is 0 Å². The maximum atomic E-state index is 12.1. The Kier molecular flexibility index (Phi) is 3.79. The molecule has 15 heavy (non-hydrogen) atoms. The average molecular weight is 209 g/mol. The third-order valence-electron chi connectivity index (χ3n) is 4.08. The van der Waals surface area contributed by atoms with Crippen molar-refractivity contribution in [1.82, 2.24) is 5.32 Å². The molecular formula is C13H23NO. The van der Waals surface area contributed by atoms with Gasteiger partial charge in [0.15, 0.2) is 0 Å². The van der Waals surface area contributed by atoms with Crippen molar-refractivity contribution in [2.75, 3.05) is 13.1 Å². The number of fused-ring (bicyclic) bond motifs is 1. The van der Waals surface area contributed by atoms with Crippen molar-refractivity contribution in [1.29, 1.82) is 0 Å². The molecule has 0 saturated heterocycles. The lowest BCUT2D eigenvalue weighted by Crippen LogP contribution is -2.28. The summed E-state index contributed by atoms with van der Waals surface area (Å²) in [5.41, 5.74) is 0. The van der Waals surface area contributed by atoms with E-state index in [2.05, 4.69) is 12.2 Å². The molecule has 3 unspecified atom stereocenters. The molecule has 86 valence electrons. The number of nitrogens with one attached hydrogen (secondary N) is 1. The zero-order valence-electron chi connectivity index (χ0n) is 9.80. The van der Waals surface area contributed by atoms with Gasteiger partial charge in [0.1, 0.15) is 5.78 Å². The van der Waals surface area contributed by atoms with E-state index in [1.54, 1.807) is 0 Å². The van der Waals surface area contributed by atoms with Crippen LogP contribution in [0.1, 0.15) is 45.4 Å². The van der Waals surface area contributed by atoms with Gasteiger partial charge < -0.3 is 5.32 Å². The average Bonchev–Trinajstić information content (AvgIpc) is 2.57. The van der Waals surface area contributed by atoms with Crippen LogP contribution in [0.25, 0.3) is 0 Å². The summed E-state index contributed by atoms with van der Waals surface area (Å²) in [7, 11) is 0. The number of hydrogen-bond donors (Lipinski definition) is 1. The maximum absolute atomic E-state index is 12.1. The topological polar surface area (TPSA) is 29.1 Å². The molecule has 3 atom stereocenters. The molecule has 0 aromatic carbocycles. The largest absolute Gasteiger partial charge is 0.316 e. The third kappa shape index (κ3) is 2.41. The van der Waals surface area contributed by atoms with Crippen molar-refractivity contribution in [2.45, 2.75) is 45.4 Å². The third-order valence-corrected chi connectivity index (χ3v) is 4.08. The van der Waals surface area contributed by atoms with Gasteiger partial charge >= 0.3 is 0 Å². The van der Waals surface area contributed by atoms with E-state index in [0.29, 0.717) is 17.6 Å². The molecule has 0 radical (unpaired) electrons. The fourth-order valence-electron chi connectivity index (χ4n) is 3.29. The molecule has 0 aromatic heterocycles. The molecule has 0 aliphatic heterocycles. The summed E-state index contributed by atoms with van der Waals surface area (Å²) in [6, 6.07) is 0. The van der Waals surface area contributed by atoms with Gasteiger partial charge in [0.05, 0.1) is 0 Å². The van der Waals surface area contributed by atoms with Crippen molar-refractivity contribution < 1.29 is 4.79 Å². The van der Waals surface area contributed by atoms with Gasteiger partial charge in [-0.2, -0.15) is 0 Å². The van der Waals surface area contributed by atoms with Gasteiger partial charge in [0.2, 0.25) is 0 Å². The molecule has 2 nitrogen and oxygen atoms in total. The summed E-state index contributed by atoms with van der Waals surface area (Å²) in [6.07, 6.45) is 7.44. The minimum absolute atomic E-state index is 0.338. The highest BCUT2D eigenvalue weighted by Gasteiger charge is 2.42. The summed E-state index contributed by atoms with van der Waals surface area (Å²) in [6.45, 7) is 4.15. The van der Waals surface area contributed by atoms with E-state index in [-0.39, 0.29) is 0 Å². The number of carbonyl (C=O) groups excluding carboxylic acids is 1. The number of rotatable bonds is 4. The van der Waals surface area contributed by atoms with E-state index in [9.17, 15) is 4.79 Å². The number of Topliss-reactive ketones (excluding diaryl/α,β-unsaturated/α-hetero) is 1. The zero-order valence-corrected chi connectivity index (χ0v) is 9.80. The number of hydrogen-bond acceptors (Lipinski definition) is 2. The van der Waals surface area contributed by atoms with Gasteiger partial charge in [-0.15, -0.1) is 0 Å². The van der Waals surface area contributed by atoms with Gasteiger partial charge in [0, 0.05) is 18.4 Å². The van der Waals surface area contributed by atoms with Crippen molar-refractivity contribution >= 4 is 5.78 Å². The lowest BCUT2D eigenvalue weighted by molar-refractivity contribution is -0.124. The quantitative estimate of drug-likeness (QED) is 0.720. The number of ketones is 1. The molecule has 2 fully saturated rings. The lowest BCUT2D eigenvalue weighted by atomic mass is 9.81. The standard InChI is InChI=1S/C13H23NO/c1-2-7-14-9-11-8-10-5-3-4-6-12(10)13(11)15/h10-12,14H,2-9H2,1H3. The van der Waals surface area contributed by atoms with Crippen LogP contribution in [-0.2, 0) is 4.79 Å². The summed E-state index contributed by atoms with van der Waals surface area (Å²) >= 11 is 0. The maximum Gasteiger partial charge on any atom is 0.140 e. The predicted octanol–water partition coefficient (Wildman–Crippen LogP) is 2.38. The minimum atomic E-state index is 0.338. The Hall–Kier alpha value is -0.370. The molecule has 0 amide bonds. The van der Waals surface area contributed by atoms with E-state index in [1.165, 1.54) is 32.1 Å². The summed E-state index contributed by atoms with van der Waals surface area (Å²) in [5, 5.41) is 3.40. The summed E-state index contributed by atoms with van der Waals surface area (Å²) in [5.74, 6) is 2.08. The van der Waals surface area contributed by atoms with Gasteiger partial charge in [0.25, 0.3) is 0 Å². The predicted molar refractivity (Wildman–Crippen MR) is 61.7 cm³/mol. The molecule has 0 aromatic rings. The zero-order chi connectivity index (χ0) is 10.7. The van der Waals surface area contributed by atoms with Crippen LogP contribution in [0.5, 0.6) is 0 Å². The minimum Gasteiger partial charge on any atom is -0.316 e. The molecule has 2 heteroatoms. The van der Waals surface area contributed by atoms with Crippen molar-refractivity contribution in [3.05, 3.63) is 0 Å². The van der Waals surface area contributed by atoms with Crippen molar-refractivity contribution in [2.24, 2.45) is 17.8 Å². The Balaban J connectivity index is 1.84. The van der Waals surface area contributed by atoms with Crippen LogP contribution in [0.2, 0.25) is 0 Å². The van der Waals surface area contributed by atoms with Crippen molar-refractivity contribution in [3.63, 3.8) is 0 Å². The first-order valence-electron chi connectivity index (χ1n) is 6.57. The van der Waals surface area contributed by atoms with Crippen LogP contribution >= 0.6 is 0 Å². The van der Waals surface area contributed by atoms with Crippen LogP contribution in [0, 0.1) is 17.8 Å². The molecule has 2 aliphatic rings. The second-order valence-corrected chi connectivity index (χ2v) is 5.19. The SMILES string of the molecule is CCCNCC1CC2CCCCC2C1=O. The van der Waals surface area contributed by atoms with Gasteiger partial charge in [-0.1, -0.05) is 19.8 Å². The Morgan fingerprint density at radius 1 is 1.33 bits per heavy atom. The van der Waals surface area contributed by atoms with Crippen LogP contribution in [0.4, 0.5) is 0 Å². The summed E-state index contributed by atoms with van der Waals surface area (Å²) in [4.78, 5) is 12.1. The van der Waals surface area contributed by atoms with Crippen LogP contribution < -0.4 is 5.32 Å². The molecule has 1 N–H and O–H groups in total. The fourth-order valence-corrected chi connectivity index (χ4v) is 3.29. The first-order valence-corrected chi connectivity index (χ1v) is 6.57. The Morgan fingerprint density at radius 3 is 2.87 bits per heavy atom. The normalized spacial score (nSPS) is 35.5. The lowest BCUT2D eigenvalue weighted by Gasteiger charge is -2.22. The first-order chi connectivity index (χ1) is 7.33. The van der Waals surface area contributed by atoms with E-state index in [0.717, 1.165) is 25.4 Å². The Morgan fingerprint density at radius 2 is 2.13 bits per heavy atom. The van der Waals surface area contributed by atoms with E-state index in [1.807, 2.05) is 0 Å². The van der Waals surface area contributed by atoms with Gasteiger partial charge in [-0.3, -0.25) is 4.79 Å². The fraction of sp³-hybridized carbons (Fsp3) is 0.923. The highest BCUT2D eigenvalue weighted by Crippen LogP contribution is 2.42. The van der Waals surface area contributed by atoms with E-state index >= 15 is 0 Å². The molecule has 0 bridgehead atoms. The van der Waals surface area contributed by atoms with Crippen LogP contribution in [0.15, 0.2) is 0 Å². The molecule has 2 saturated carbocycles. The van der Waals surface area contributed by atoms with Crippen LogP contribution in [0.3, 0.4) is 0 Å². The Labute approximate surface area is 92.8 Å². The van der Waals surface area contributed by atoms with Crippen molar-refractivity contribution in [3.8, 4) is 0 Å². The molecule has 0 spiro atoms. The second-order valence-electron chi connectivity index (χ2n) is 5.19. The highest BCUT2D eigenvalue weighted by atomic mass is 16.1. The van der Waals surface area contributed by atoms with E-state index in [4.69, 9.17) is 0 Å². The second kappa shape index (κ2) is 5.11. The molecular weight excluding hydrogens is 186 g/mol. The molecule has 2 rings (SSSR count). The smallest absolute Gasteiger partial charge is 0.140 e. The van der Waals surface area contributed by atoms with Gasteiger partial charge in [-0.05, 0) is 38.1 Å².